The Balaban J connectivity index is 2.00. The second-order valence-electron chi connectivity index (χ2n) is 6.49. The maximum absolute atomic E-state index is 13.7. The lowest BCUT2D eigenvalue weighted by Crippen LogP contribution is -2.43. The van der Waals surface area contributed by atoms with Crippen LogP contribution >= 0.6 is 0 Å². The van der Waals surface area contributed by atoms with E-state index in [1.807, 2.05) is 6.92 Å². The molecule has 6 heteroatoms. The molecule has 0 bridgehead atoms. The summed E-state index contributed by atoms with van der Waals surface area (Å²) >= 11 is 0. The molecule has 1 fully saturated rings. The quantitative estimate of drug-likeness (QED) is 0.903. The van der Waals surface area contributed by atoms with Gasteiger partial charge in [-0.1, -0.05) is 12.1 Å². The fourth-order valence-electron chi connectivity index (χ4n) is 3.02. The van der Waals surface area contributed by atoms with Gasteiger partial charge in [0.05, 0.1) is 6.04 Å². The summed E-state index contributed by atoms with van der Waals surface area (Å²) in [5, 5.41) is 2.97. The van der Waals surface area contributed by atoms with Crippen molar-refractivity contribution in [3.63, 3.8) is 0 Å². The number of rotatable bonds is 2. The van der Waals surface area contributed by atoms with Crippen LogP contribution in [0.1, 0.15) is 43.0 Å². The summed E-state index contributed by atoms with van der Waals surface area (Å²) in [6.45, 7) is 9.30. The average molecular weight is 335 g/mol. The van der Waals surface area contributed by atoms with Crippen molar-refractivity contribution in [3.05, 3.63) is 34.6 Å². The van der Waals surface area contributed by atoms with Crippen LogP contribution in [0, 0.1) is 19.7 Å². The van der Waals surface area contributed by atoms with E-state index in [4.69, 9.17) is 0 Å². The molecule has 1 aromatic rings. The van der Waals surface area contributed by atoms with Crippen LogP contribution < -0.4 is 5.32 Å². The second kappa shape index (κ2) is 7.64. The predicted octanol–water partition coefficient (Wildman–Crippen LogP) is 2.77. The van der Waals surface area contributed by atoms with Crippen LogP contribution in [0.2, 0.25) is 0 Å². The molecule has 24 heavy (non-hydrogen) atoms. The van der Waals surface area contributed by atoms with Crippen molar-refractivity contribution in [1.29, 1.82) is 0 Å². The molecule has 5 nitrogen and oxygen atoms in total. The van der Waals surface area contributed by atoms with Gasteiger partial charge in [-0.25, -0.2) is 9.18 Å². The number of carbonyl (C=O) groups is 2. The van der Waals surface area contributed by atoms with Crippen LogP contribution in [0.3, 0.4) is 0 Å². The summed E-state index contributed by atoms with van der Waals surface area (Å²) in [6, 6.07) is 3.19. The third-order valence-corrected chi connectivity index (χ3v) is 4.53. The van der Waals surface area contributed by atoms with Gasteiger partial charge in [-0.3, -0.25) is 4.79 Å². The SMILES string of the molecule is CC(=O)N1CCCN(C(=O)N[C@@H](C)c2cc(C)c(F)c(C)c2)CC1. The van der Waals surface area contributed by atoms with Crippen molar-refractivity contribution in [2.24, 2.45) is 0 Å². The number of nitrogens with one attached hydrogen (secondary N) is 1. The monoisotopic (exact) mass is 335 g/mol. The first-order chi connectivity index (χ1) is 11.3. The fourth-order valence-corrected chi connectivity index (χ4v) is 3.02. The molecule has 1 aromatic carbocycles. The van der Waals surface area contributed by atoms with Gasteiger partial charge in [-0.15, -0.1) is 0 Å². The number of urea groups is 1. The summed E-state index contributed by atoms with van der Waals surface area (Å²) < 4.78 is 13.7. The maximum Gasteiger partial charge on any atom is 0.317 e. The van der Waals surface area contributed by atoms with Gasteiger partial charge in [0, 0.05) is 33.1 Å². The van der Waals surface area contributed by atoms with E-state index >= 15 is 0 Å². The fraction of sp³-hybridized carbons (Fsp3) is 0.556. The lowest BCUT2D eigenvalue weighted by atomic mass is 10.0. The number of benzene rings is 1. The number of hydrogen-bond donors (Lipinski definition) is 1. The van der Waals surface area contributed by atoms with Crippen LogP contribution in [-0.2, 0) is 4.79 Å². The normalized spacial score (nSPS) is 16.5. The molecule has 0 unspecified atom stereocenters. The second-order valence-corrected chi connectivity index (χ2v) is 6.49. The molecule has 0 aliphatic carbocycles. The zero-order valence-corrected chi connectivity index (χ0v) is 14.9. The molecule has 1 aliphatic rings. The van der Waals surface area contributed by atoms with E-state index in [-0.39, 0.29) is 23.8 Å². The van der Waals surface area contributed by atoms with E-state index in [0.29, 0.717) is 37.3 Å². The number of halogens is 1. The molecule has 1 saturated heterocycles. The molecular weight excluding hydrogens is 309 g/mol. The van der Waals surface area contributed by atoms with Crippen molar-refractivity contribution in [3.8, 4) is 0 Å². The summed E-state index contributed by atoms with van der Waals surface area (Å²) in [7, 11) is 0. The van der Waals surface area contributed by atoms with E-state index in [9.17, 15) is 14.0 Å². The van der Waals surface area contributed by atoms with Crippen molar-refractivity contribution < 1.29 is 14.0 Å². The maximum atomic E-state index is 13.7. The Morgan fingerprint density at radius 2 is 1.62 bits per heavy atom. The molecular formula is C18H26FN3O2. The highest BCUT2D eigenvalue weighted by Gasteiger charge is 2.22. The minimum Gasteiger partial charge on any atom is -0.341 e. The summed E-state index contributed by atoms with van der Waals surface area (Å²) in [5.74, 6) is -0.156. The largest absolute Gasteiger partial charge is 0.341 e. The van der Waals surface area contributed by atoms with Gasteiger partial charge in [0.2, 0.25) is 5.91 Å². The lowest BCUT2D eigenvalue weighted by Gasteiger charge is -2.24. The van der Waals surface area contributed by atoms with Gasteiger partial charge in [-0.2, -0.15) is 0 Å². The van der Waals surface area contributed by atoms with E-state index < -0.39 is 0 Å². The highest BCUT2D eigenvalue weighted by Crippen LogP contribution is 2.20. The van der Waals surface area contributed by atoms with Crippen molar-refractivity contribution in [2.45, 2.75) is 40.2 Å². The smallest absolute Gasteiger partial charge is 0.317 e. The van der Waals surface area contributed by atoms with Crippen LogP contribution in [0.15, 0.2) is 12.1 Å². The van der Waals surface area contributed by atoms with Gasteiger partial charge in [0.25, 0.3) is 0 Å². The van der Waals surface area contributed by atoms with E-state index in [1.54, 1.807) is 42.7 Å². The highest BCUT2D eigenvalue weighted by molar-refractivity contribution is 5.75. The first kappa shape index (κ1) is 18.2. The number of aryl methyl sites for hydroxylation is 2. The topological polar surface area (TPSA) is 52.7 Å². The zero-order valence-electron chi connectivity index (χ0n) is 14.9. The van der Waals surface area contributed by atoms with Crippen LogP contribution in [0.4, 0.5) is 9.18 Å². The molecule has 0 radical (unpaired) electrons. The first-order valence-corrected chi connectivity index (χ1v) is 8.37. The minimum absolute atomic E-state index is 0.0443. The van der Waals surface area contributed by atoms with Crippen LogP contribution in [-0.4, -0.2) is 47.9 Å². The van der Waals surface area contributed by atoms with Gasteiger partial charge in [-0.05, 0) is 43.9 Å². The molecule has 0 spiro atoms. The Kier molecular flexibility index (Phi) is 5.80. The Hall–Kier alpha value is -2.11. The van der Waals surface area contributed by atoms with Crippen molar-refractivity contribution in [1.82, 2.24) is 15.1 Å². The standard InChI is InChI=1S/C18H26FN3O2/c1-12-10-16(11-13(2)17(12)19)14(3)20-18(24)22-7-5-6-21(8-9-22)15(4)23/h10-11,14H,5-9H2,1-4H3,(H,20,24)/t14-/m0/s1. The molecule has 2 rings (SSSR count). The van der Waals surface area contributed by atoms with Crippen molar-refractivity contribution >= 4 is 11.9 Å². The molecule has 3 amide bonds. The summed E-state index contributed by atoms with van der Waals surface area (Å²) in [6.07, 6.45) is 0.774. The predicted molar refractivity (Wildman–Crippen MR) is 91.3 cm³/mol. The number of amides is 3. The van der Waals surface area contributed by atoms with Gasteiger partial charge in [0.15, 0.2) is 0 Å². The zero-order chi connectivity index (χ0) is 17.9. The summed E-state index contributed by atoms with van der Waals surface area (Å²) in [5.41, 5.74) is 2.05. The van der Waals surface area contributed by atoms with Crippen molar-refractivity contribution in [2.75, 3.05) is 26.2 Å². The van der Waals surface area contributed by atoms with E-state index in [0.717, 1.165) is 12.0 Å². The Labute approximate surface area is 142 Å². The number of nitrogens with zero attached hydrogens (tertiary/aromatic N) is 2. The average Bonchev–Trinajstić information content (AvgIpc) is 2.78. The van der Waals surface area contributed by atoms with Gasteiger partial charge in [0.1, 0.15) is 5.82 Å². The third-order valence-electron chi connectivity index (χ3n) is 4.53. The number of carbonyl (C=O) groups excluding carboxylic acids is 2. The molecule has 1 aliphatic heterocycles. The van der Waals surface area contributed by atoms with Gasteiger partial charge < -0.3 is 15.1 Å². The Morgan fingerprint density at radius 3 is 2.21 bits per heavy atom. The number of hydrogen-bond acceptors (Lipinski definition) is 2. The lowest BCUT2D eigenvalue weighted by molar-refractivity contribution is -0.128. The molecule has 0 aromatic heterocycles. The Bertz CT molecular complexity index is 610. The molecule has 1 atom stereocenters. The molecule has 132 valence electrons. The molecule has 1 heterocycles. The van der Waals surface area contributed by atoms with Gasteiger partial charge >= 0.3 is 6.03 Å². The molecule has 1 N–H and O–H groups in total. The minimum atomic E-state index is -0.206. The highest BCUT2D eigenvalue weighted by atomic mass is 19.1. The third kappa shape index (κ3) is 4.24. The molecule has 0 saturated carbocycles. The first-order valence-electron chi connectivity index (χ1n) is 8.37. The van der Waals surface area contributed by atoms with E-state index in [2.05, 4.69) is 5.32 Å². The van der Waals surface area contributed by atoms with Crippen LogP contribution in [0.5, 0.6) is 0 Å². The van der Waals surface area contributed by atoms with Crippen LogP contribution in [0.25, 0.3) is 0 Å². The summed E-state index contributed by atoms with van der Waals surface area (Å²) in [4.78, 5) is 27.4. The Morgan fingerprint density at radius 1 is 1.08 bits per heavy atom. The van der Waals surface area contributed by atoms with E-state index in [1.165, 1.54) is 0 Å².